The fourth-order valence-corrected chi connectivity index (χ4v) is 13.4. The number of pyridine rings is 1. The van der Waals surface area contributed by atoms with E-state index in [1.807, 2.05) is 30.3 Å². The summed E-state index contributed by atoms with van der Waals surface area (Å²) in [5.41, 5.74) is 2.31. The van der Waals surface area contributed by atoms with Crippen molar-refractivity contribution in [2.45, 2.75) is 43.3 Å². The van der Waals surface area contributed by atoms with Crippen LogP contribution < -0.4 is 15.3 Å². The number of benzene rings is 3. The minimum atomic E-state index is -3.85. The summed E-state index contributed by atoms with van der Waals surface area (Å²) in [4.78, 5) is 19.2. The molecule has 0 spiro atoms. The van der Waals surface area contributed by atoms with E-state index in [0.29, 0.717) is 36.1 Å². The molecule has 0 bridgehead atoms. The Bertz CT molecular complexity index is 2160. The number of fused-ring (bicyclic) bond motifs is 1. The maximum atomic E-state index is 14.1. The quantitative estimate of drug-likeness (QED) is 0.160. The van der Waals surface area contributed by atoms with E-state index >= 15 is 0 Å². The minimum Gasteiger partial charge on any atom is -0.407 e. The zero-order valence-electron chi connectivity index (χ0n) is 28.9. The monoisotopic (exact) mass is 736 g/mol. The van der Waals surface area contributed by atoms with E-state index < -0.39 is 18.3 Å². The largest absolute Gasteiger partial charge is 0.407 e. The molecule has 262 valence electrons. The average Bonchev–Trinajstić information content (AvgIpc) is 3.58. The van der Waals surface area contributed by atoms with E-state index in [2.05, 4.69) is 84.2 Å². The number of anilines is 1. The van der Waals surface area contributed by atoms with Crippen molar-refractivity contribution >= 4 is 57.2 Å². The molecule has 0 amide bonds. The number of sulfonamides is 1. The summed E-state index contributed by atoms with van der Waals surface area (Å²) in [6, 6.07) is 33.5. The van der Waals surface area contributed by atoms with Crippen LogP contribution in [0.3, 0.4) is 0 Å². The lowest BCUT2D eigenvalue weighted by molar-refractivity contribution is 0.249. The highest BCUT2D eigenvalue weighted by molar-refractivity contribution is 7.89. The maximum absolute atomic E-state index is 14.1. The van der Waals surface area contributed by atoms with Gasteiger partial charge in [0, 0.05) is 72.4 Å². The predicted octanol–water partition coefficient (Wildman–Crippen LogP) is 6.52. The van der Waals surface area contributed by atoms with Crippen LogP contribution >= 0.6 is 11.6 Å². The summed E-state index contributed by atoms with van der Waals surface area (Å²) < 4.78 is 37.1. The Balaban J connectivity index is 1.21. The Labute approximate surface area is 305 Å². The fourth-order valence-electron chi connectivity index (χ4n) is 7.16. The molecule has 1 atom stereocenters. The molecule has 7 rings (SSSR count). The molecule has 4 heterocycles. The third-order valence-corrected chi connectivity index (χ3v) is 16.7. The van der Waals surface area contributed by atoms with Crippen molar-refractivity contribution in [1.82, 2.24) is 24.2 Å². The van der Waals surface area contributed by atoms with Crippen LogP contribution in [0, 0.1) is 0 Å². The Hall–Kier alpha value is -4.39. The summed E-state index contributed by atoms with van der Waals surface area (Å²) in [5.74, 6) is 0.544. The lowest BCUT2D eigenvalue weighted by Gasteiger charge is -2.44. The first kappa shape index (κ1) is 35.0. The molecular weight excluding hydrogens is 696 g/mol. The number of aromatic nitrogens is 4. The Morgan fingerprint density at radius 2 is 1.53 bits per heavy atom. The molecule has 51 heavy (non-hydrogen) atoms. The van der Waals surface area contributed by atoms with Gasteiger partial charge in [0.05, 0.1) is 5.69 Å². The van der Waals surface area contributed by atoms with Gasteiger partial charge in [-0.1, -0.05) is 99.1 Å². The number of piperazine rings is 1. The van der Waals surface area contributed by atoms with Gasteiger partial charge in [-0.2, -0.15) is 4.31 Å². The number of rotatable bonds is 10. The third kappa shape index (κ3) is 6.96. The van der Waals surface area contributed by atoms with Gasteiger partial charge < -0.3 is 14.3 Å². The second kappa shape index (κ2) is 14.3. The molecule has 0 aliphatic carbocycles. The first-order valence-corrected chi connectivity index (χ1v) is 20.8. The molecule has 1 saturated heterocycles. The molecule has 1 aliphatic rings. The number of nitrogens with zero attached hydrogens (tertiary/aromatic N) is 5. The van der Waals surface area contributed by atoms with E-state index in [1.54, 1.807) is 47.2 Å². The first-order valence-electron chi connectivity index (χ1n) is 17.1. The number of aromatic amines is 1. The van der Waals surface area contributed by atoms with Gasteiger partial charge in [-0.3, -0.25) is 4.98 Å². The SMILES string of the molecule is CC(C)(C)[Si](OCCC1CN(S(=O)(=O)c2cc3cc(Cl)ccc3[nH]2)CCN1c1ncc(-c2ccccn2)cn1)(c1ccccc1)c1ccccc1. The van der Waals surface area contributed by atoms with Gasteiger partial charge in [0.15, 0.2) is 0 Å². The summed E-state index contributed by atoms with van der Waals surface area (Å²) in [5, 5.41) is 3.64. The number of nitrogens with one attached hydrogen (secondary N) is 1. The summed E-state index contributed by atoms with van der Waals surface area (Å²) in [7, 11) is -6.67. The van der Waals surface area contributed by atoms with E-state index in [4.69, 9.17) is 26.0 Å². The molecule has 0 saturated carbocycles. The van der Waals surface area contributed by atoms with Crippen LogP contribution in [0.15, 0.2) is 127 Å². The van der Waals surface area contributed by atoms with E-state index in [0.717, 1.165) is 16.6 Å². The highest BCUT2D eigenvalue weighted by Gasteiger charge is 2.50. The van der Waals surface area contributed by atoms with E-state index in [9.17, 15) is 8.42 Å². The molecule has 1 aliphatic heterocycles. The molecule has 1 fully saturated rings. The summed E-state index contributed by atoms with van der Waals surface area (Å²) >= 11 is 6.21. The van der Waals surface area contributed by atoms with E-state index in [-0.39, 0.29) is 29.2 Å². The number of halogens is 1. The lowest BCUT2D eigenvalue weighted by Crippen LogP contribution is -2.67. The van der Waals surface area contributed by atoms with Crippen LogP contribution in [-0.4, -0.2) is 73.3 Å². The van der Waals surface area contributed by atoms with Crippen molar-refractivity contribution in [2.75, 3.05) is 31.1 Å². The second-order valence-electron chi connectivity index (χ2n) is 13.9. The van der Waals surface area contributed by atoms with Gasteiger partial charge in [-0.15, -0.1) is 0 Å². The third-order valence-electron chi connectivity index (χ3n) is 9.66. The number of hydrogen-bond donors (Lipinski definition) is 1. The van der Waals surface area contributed by atoms with Gasteiger partial charge in [-0.05, 0) is 58.2 Å². The zero-order valence-corrected chi connectivity index (χ0v) is 31.5. The van der Waals surface area contributed by atoms with Gasteiger partial charge in [0.2, 0.25) is 5.95 Å². The molecule has 0 radical (unpaired) electrons. The summed E-state index contributed by atoms with van der Waals surface area (Å²) in [6.45, 7) is 8.11. The van der Waals surface area contributed by atoms with Crippen molar-refractivity contribution in [1.29, 1.82) is 0 Å². The summed E-state index contributed by atoms with van der Waals surface area (Å²) in [6.07, 6.45) is 5.86. The highest BCUT2D eigenvalue weighted by atomic mass is 35.5. The maximum Gasteiger partial charge on any atom is 0.261 e. The predicted molar refractivity (Wildman–Crippen MR) is 207 cm³/mol. The minimum absolute atomic E-state index is 0.145. The van der Waals surface area contributed by atoms with Crippen molar-refractivity contribution in [3.63, 3.8) is 0 Å². The van der Waals surface area contributed by atoms with Gasteiger partial charge in [0.1, 0.15) is 5.03 Å². The highest BCUT2D eigenvalue weighted by Crippen LogP contribution is 2.37. The molecule has 1 unspecified atom stereocenters. The normalized spacial score (nSPS) is 16.1. The first-order chi connectivity index (χ1) is 24.6. The standard InChI is InChI=1S/C39H41ClN6O3SSi/c1-39(2,3)51(33-12-6-4-7-13-33,34-14-8-5-9-15-34)49-23-19-32-28-45(50(47,48)37-25-29-24-31(40)17-18-36(29)44-37)21-22-46(32)38-42-26-30(27-43-38)35-16-10-11-20-41-35/h4-18,20,24-27,32,44H,19,21-23,28H2,1-3H3. The fraction of sp³-hybridized carbons (Fsp3) is 0.256. The molecule has 3 aromatic heterocycles. The van der Waals surface area contributed by atoms with Crippen LogP contribution in [0.5, 0.6) is 0 Å². The molecule has 1 N–H and O–H groups in total. The van der Waals surface area contributed by atoms with Crippen LogP contribution in [0.2, 0.25) is 10.1 Å². The number of H-pyrrole nitrogens is 1. The molecule has 6 aromatic rings. The van der Waals surface area contributed by atoms with Crippen molar-refractivity contribution in [2.24, 2.45) is 0 Å². The van der Waals surface area contributed by atoms with Crippen molar-refractivity contribution in [3.8, 4) is 11.3 Å². The number of hydrogen-bond acceptors (Lipinski definition) is 7. The molecule has 3 aromatic carbocycles. The van der Waals surface area contributed by atoms with Gasteiger partial charge >= 0.3 is 0 Å². The topological polar surface area (TPSA) is 104 Å². The van der Waals surface area contributed by atoms with Crippen LogP contribution in [0.1, 0.15) is 27.2 Å². The van der Waals surface area contributed by atoms with E-state index in [1.165, 1.54) is 10.4 Å². The Kier molecular flexibility index (Phi) is 9.84. The van der Waals surface area contributed by atoms with Gasteiger partial charge in [-0.25, -0.2) is 18.4 Å². The molecule has 9 nitrogen and oxygen atoms in total. The molecular formula is C39H41ClN6O3SSi. The Morgan fingerprint density at radius 3 is 2.16 bits per heavy atom. The second-order valence-corrected chi connectivity index (χ2v) is 20.5. The average molecular weight is 737 g/mol. The van der Waals surface area contributed by atoms with Crippen LogP contribution in [-0.2, 0) is 14.4 Å². The molecule has 12 heteroatoms. The smallest absolute Gasteiger partial charge is 0.261 e. The van der Waals surface area contributed by atoms with Crippen LogP contribution in [0.4, 0.5) is 5.95 Å². The van der Waals surface area contributed by atoms with Crippen molar-refractivity contribution in [3.05, 3.63) is 127 Å². The van der Waals surface area contributed by atoms with Crippen molar-refractivity contribution < 1.29 is 12.8 Å². The zero-order chi connectivity index (χ0) is 35.6. The lowest BCUT2D eigenvalue weighted by atomic mass is 10.1. The van der Waals surface area contributed by atoms with Crippen LogP contribution in [0.25, 0.3) is 22.2 Å². The Morgan fingerprint density at radius 1 is 0.863 bits per heavy atom. The van der Waals surface area contributed by atoms with Gasteiger partial charge in [0.25, 0.3) is 18.3 Å².